The van der Waals surface area contributed by atoms with E-state index in [1.165, 1.54) is 0 Å². The molecule has 0 aliphatic heterocycles. The maximum Gasteiger partial charge on any atom is 0.326 e. The summed E-state index contributed by atoms with van der Waals surface area (Å²) in [6.45, 7) is 1.79. The summed E-state index contributed by atoms with van der Waals surface area (Å²) in [5.74, 6) is -1.36. The fourth-order valence-corrected chi connectivity index (χ4v) is 1.19. The van der Waals surface area contributed by atoms with Crippen LogP contribution in [0, 0.1) is 0 Å². The van der Waals surface area contributed by atoms with Crippen LogP contribution in [0.3, 0.4) is 0 Å². The lowest BCUT2D eigenvalue weighted by Gasteiger charge is -2.12. The fourth-order valence-electron chi connectivity index (χ4n) is 1.19. The first-order valence-electron chi connectivity index (χ1n) is 5.24. The number of carbonyl (C=O) groups excluding carboxylic acids is 1. The molecule has 1 amide bonds. The molecule has 0 spiro atoms. The first-order valence-corrected chi connectivity index (χ1v) is 5.24. The zero-order chi connectivity index (χ0) is 11.7. The van der Waals surface area contributed by atoms with Crippen LogP contribution in [0.5, 0.6) is 0 Å². The Kier molecular flexibility index (Phi) is 7.62. The minimum atomic E-state index is -1.10. The molecule has 0 saturated carbocycles. The van der Waals surface area contributed by atoms with Crippen molar-refractivity contribution in [2.75, 3.05) is 6.61 Å². The van der Waals surface area contributed by atoms with Crippen molar-refractivity contribution in [2.24, 2.45) is 0 Å². The van der Waals surface area contributed by atoms with E-state index in [1.807, 2.05) is 6.92 Å². The standard InChI is InChI=1S/C10H19NO4/c1-2-3-4-5-9(13)11-8(6-7-12)10(14)15/h8,12H,2-7H2,1H3,(H,11,13)(H,14,15). The highest BCUT2D eigenvalue weighted by molar-refractivity contribution is 5.83. The Bertz CT molecular complexity index is 206. The van der Waals surface area contributed by atoms with Gasteiger partial charge in [0.2, 0.25) is 5.91 Å². The Balaban J connectivity index is 3.84. The maximum absolute atomic E-state index is 11.3. The zero-order valence-corrected chi connectivity index (χ0v) is 9.03. The third-order valence-electron chi connectivity index (χ3n) is 2.06. The number of amides is 1. The van der Waals surface area contributed by atoms with Crippen LogP contribution >= 0.6 is 0 Å². The van der Waals surface area contributed by atoms with Crippen molar-refractivity contribution in [1.29, 1.82) is 0 Å². The van der Waals surface area contributed by atoms with Gasteiger partial charge in [-0.2, -0.15) is 0 Å². The average Bonchev–Trinajstić information content (AvgIpc) is 2.17. The second-order valence-electron chi connectivity index (χ2n) is 3.43. The van der Waals surface area contributed by atoms with Gasteiger partial charge in [0.25, 0.3) is 0 Å². The first-order chi connectivity index (χ1) is 7.11. The van der Waals surface area contributed by atoms with Gasteiger partial charge >= 0.3 is 5.97 Å². The van der Waals surface area contributed by atoms with Crippen LogP contribution in [0.1, 0.15) is 39.0 Å². The SMILES string of the molecule is CCCCCC(=O)NC(CCO)C(=O)O. The number of aliphatic carboxylic acids is 1. The molecule has 0 heterocycles. The Morgan fingerprint density at radius 2 is 2.00 bits per heavy atom. The molecule has 88 valence electrons. The van der Waals surface area contributed by atoms with E-state index in [-0.39, 0.29) is 18.9 Å². The lowest BCUT2D eigenvalue weighted by molar-refractivity contribution is -0.142. The summed E-state index contributed by atoms with van der Waals surface area (Å²) < 4.78 is 0. The predicted octanol–water partition coefficient (Wildman–Crippen LogP) is 0.518. The number of unbranched alkanes of at least 4 members (excludes halogenated alkanes) is 2. The number of rotatable bonds is 8. The average molecular weight is 217 g/mol. The molecule has 0 bridgehead atoms. The molecule has 15 heavy (non-hydrogen) atoms. The van der Waals surface area contributed by atoms with Crippen LogP contribution in [0.15, 0.2) is 0 Å². The Hall–Kier alpha value is -1.10. The first kappa shape index (κ1) is 13.9. The van der Waals surface area contributed by atoms with Crippen LogP contribution in [0.25, 0.3) is 0 Å². The van der Waals surface area contributed by atoms with Crippen LogP contribution in [0.4, 0.5) is 0 Å². The lowest BCUT2D eigenvalue weighted by atomic mass is 10.1. The predicted molar refractivity (Wildman–Crippen MR) is 55.4 cm³/mol. The molecular formula is C10H19NO4. The monoisotopic (exact) mass is 217 g/mol. The molecule has 0 aromatic carbocycles. The van der Waals surface area contributed by atoms with Crippen molar-refractivity contribution in [3.8, 4) is 0 Å². The highest BCUT2D eigenvalue weighted by Crippen LogP contribution is 2.00. The van der Waals surface area contributed by atoms with E-state index in [4.69, 9.17) is 10.2 Å². The molecule has 0 fully saturated rings. The van der Waals surface area contributed by atoms with Gasteiger partial charge < -0.3 is 15.5 Å². The molecule has 0 rings (SSSR count). The molecule has 0 aliphatic carbocycles. The van der Waals surface area contributed by atoms with Crippen LogP contribution in [-0.2, 0) is 9.59 Å². The number of carbonyl (C=O) groups is 2. The van der Waals surface area contributed by atoms with Gasteiger partial charge in [0, 0.05) is 19.4 Å². The number of carboxylic acid groups (broad SMARTS) is 1. The van der Waals surface area contributed by atoms with Crippen LogP contribution < -0.4 is 5.32 Å². The quantitative estimate of drug-likeness (QED) is 0.517. The summed E-state index contributed by atoms with van der Waals surface area (Å²) in [6.07, 6.45) is 3.16. The van der Waals surface area contributed by atoms with Gasteiger partial charge in [-0.1, -0.05) is 19.8 Å². The number of nitrogens with one attached hydrogen (secondary N) is 1. The van der Waals surface area contributed by atoms with Crippen molar-refractivity contribution in [3.63, 3.8) is 0 Å². The van der Waals surface area contributed by atoms with E-state index in [1.54, 1.807) is 0 Å². The summed E-state index contributed by atoms with van der Waals surface area (Å²) in [7, 11) is 0. The van der Waals surface area contributed by atoms with Gasteiger partial charge in [0.1, 0.15) is 6.04 Å². The second kappa shape index (κ2) is 8.23. The van der Waals surface area contributed by atoms with Gasteiger partial charge in [-0.3, -0.25) is 4.79 Å². The van der Waals surface area contributed by atoms with Crippen molar-refractivity contribution < 1.29 is 19.8 Å². The molecule has 0 aliphatic rings. The number of aliphatic hydroxyl groups is 1. The van der Waals surface area contributed by atoms with Crippen molar-refractivity contribution >= 4 is 11.9 Å². The smallest absolute Gasteiger partial charge is 0.326 e. The number of hydrogen-bond acceptors (Lipinski definition) is 3. The van der Waals surface area contributed by atoms with E-state index in [9.17, 15) is 9.59 Å². The van der Waals surface area contributed by atoms with E-state index < -0.39 is 12.0 Å². The van der Waals surface area contributed by atoms with E-state index >= 15 is 0 Å². The highest BCUT2D eigenvalue weighted by Gasteiger charge is 2.18. The van der Waals surface area contributed by atoms with Crippen LogP contribution in [0.2, 0.25) is 0 Å². The summed E-state index contributed by atoms with van der Waals surface area (Å²) in [4.78, 5) is 21.9. The zero-order valence-electron chi connectivity index (χ0n) is 9.03. The molecule has 0 saturated heterocycles. The minimum Gasteiger partial charge on any atom is -0.480 e. The molecule has 5 nitrogen and oxygen atoms in total. The Morgan fingerprint density at radius 3 is 2.47 bits per heavy atom. The molecule has 5 heteroatoms. The maximum atomic E-state index is 11.3. The summed E-state index contributed by atoms with van der Waals surface area (Å²) >= 11 is 0. The molecule has 0 aromatic heterocycles. The molecule has 0 aromatic rings. The van der Waals surface area contributed by atoms with Crippen LogP contribution in [-0.4, -0.2) is 34.7 Å². The summed E-state index contributed by atoms with van der Waals surface area (Å²) in [5.41, 5.74) is 0. The second-order valence-corrected chi connectivity index (χ2v) is 3.43. The highest BCUT2D eigenvalue weighted by atomic mass is 16.4. The van der Waals surface area contributed by atoms with Gasteiger partial charge in [-0.15, -0.1) is 0 Å². The summed E-state index contributed by atoms with van der Waals surface area (Å²) in [5, 5.41) is 19.7. The van der Waals surface area contributed by atoms with Gasteiger partial charge in [0.15, 0.2) is 0 Å². The van der Waals surface area contributed by atoms with Gasteiger partial charge in [-0.25, -0.2) is 4.79 Å². The Morgan fingerprint density at radius 1 is 1.33 bits per heavy atom. The fraction of sp³-hybridized carbons (Fsp3) is 0.800. The largest absolute Gasteiger partial charge is 0.480 e. The third kappa shape index (κ3) is 6.90. The third-order valence-corrected chi connectivity index (χ3v) is 2.06. The number of aliphatic hydroxyl groups excluding tert-OH is 1. The van der Waals surface area contributed by atoms with E-state index in [2.05, 4.69) is 5.32 Å². The number of hydrogen-bond donors (Lipinski definition) is 3. The Labute approximate surface area is 89.5 Å². The van der Waals surface area contributed by atoms with E-state index in [0.29, 0.717) is 6.42 Å². The van der Waals surface area contributed by atoms with Crippen molar-refractivity contribution in [3.05, 3.63) is 0 Å². The van der Waals surface area contributed by atoms with Gasteiger partial charge in [0.05, 0.1) is 0 Å². The van der Waals surface area contributed by atoms with Crippen molar-refractivity contribution in [1.82, 2.24) is 5.32 Å². The van der Waals surface area contributed by atoms with Crippen molar-refractivity contribution in [2.45, 2.75) is 45.1 Å². The topological polar surface area (TPSA) is 86.6 Å². The minimum absolute atomic E-state index is 0.0504. The molecule has 1 atom stereocenters. The molecule has 3 N–H and O–H groups in total. The molecular weight excluding hydrogens is 198 g/mol. The van der Waals surface area contributed by atoms with E-state index in [0.717, 1.165) is 19.3 Å². The normalized spacial score (nSPS) is 12.1. The van der Waals surface area contributed by atoms with Gasteiger partial charge in [-0.05, 0) is 6.42 Å². The number of carboxylic acids is 1. The molecule has 0 radical (unpaired) electrons. The lowest BCUT2D eigenvalue weighted by Crippen LogP contribution is -2.41. The summed E-state index contributed by atoms with van der Waals surface area (Å²) in [6, 6.07) is -0.968. The molecule has 1 unspecified atom stereocenters.